The standard InChI is InChI=1S/C16H19NO3/c1-10(18)12(11(2)19)9-16(3)13-7-5-6-8-14(13)17(4)15(16)20/h5-8,12H,9H2,1-4H3. The summed E-state index contributed by atoms with van der Waals surface area (Å²) in [6.45, 7) is 4.63. The first-order chi connectivity index (χ1) is 9.29. The van der Waals surface area contributed by atoms with Crippen molar-refractivity contribution in [2.24, 2.45) is 5.92 Å². The lowest BCUT2D eigenvalue weighted by Crippen LogP contribution is -2.40. The average molecular weight is 273 g/mol. The van der Waals surface area contributed by atoms with Crippen LogP contribution < -0.4 is 4.90 Å². The van der Waals surface area contributed by atoms with E-state index in [2.05, 4.69) is 0 Å². The summed E-state index contributed by atoms with van der Waals surface area (Å²) in [5.41, 5.74) is 0.929. The normalized spacial score (nSPS) is 21.2. The molecule has 1 aliphatic heterocycles. The van der Waals surface area contributed by atoms with Crippen molar-refractivity contribution in [3.63, 3.8) is 0 Å². The molecule has 0 saturated carbocycles. The van der Waals surface area contributed by atoms with Gasteiger partial charge >= 0.3 is 0 Å². The van der Waals surface area contributed by atoms with Crippen molar-refractivity contribution in [3.05, 3.63) is 29.8 Å². The molecular weight excluding hydrogens is 254 g/mol. The van der Waals surface area contributed by atoms with Gasteiger partial charge in [-0.15, -0.1) is 0 Å². The molecule has 0 N–H and O–H groups in total. The summed E-state index contributed by atoms with van der Waals surface area (Å²) in [5.74, 6) is -1.15. The number of hydrogen-bond donors (Lipinski definition) is 0. The van der Waals surface area contributed by atoms with E-state index < -0.39 is 11.3 Å². The Morgan fingerprint density at radius 2 is 1.75 bits per heavy atom. The molecule has 0 fully saturated rings. The van der Waals surface area contributed by atoms with Crippen LogP contribution in [0.3, 0.4) is 0 Å². The number of ketones is 2. The SMILES string of the molecule is CC(=O)C(CC1(C)C(=O)N(C)c2ccccc21)C(C)=O. The van der Waals surface area contributed by atoms with E-state index in [0.717, 1.165) is 11.3 Å². The van der Waals surface area contributed by atoms with E-state index in [1.54, 1.807) is 11.9 Å². The molecule has 0 bridgehead atoms. The quantitative estimate of drug-likeness (QED) is 0.789. The highest BCUT2D eigenvalue weighted by Crippen LogP contribution is 2.44. The largest absolute Gasteiger partial charge is 0.314 e. The van der Waals surface area contributed by atoms with E-state index in [-0.39, 0.29) is 23.9 Å². The summed E-state index contributed by atoms with van der Waals surface area (Å²) in [6, 6.07) is 7.53. The van der Waals surface area contributed by atoms with E-state index in [1.165, 1.54) is 13.8 Å². The number of Topliss-reactive ketones (excluding diaryl/α,β-unsaturated/α-hetero) is 2. The third-order valence-corrected chi connectivity index (χ3v) is 4.23. The molecule has 1 aliphatic rings. The van der Waals surface area contributed by atoms with Crippen LogP contribution in [0.2, 0.25) is 0 Å². The number of fused-ring (bicyclic) bond motifs is 1. The molecule has 0 saturated heterocycles. The van der Waals surface area contributed by atoms with Crippen LogP contribution in [0.1, 0.15) is 32.8 Å². The minimum absolute atomic E-state index is 0.0637. The lowest BCUT2D eigenvalue weighted by Gasteiger charge is -2.26. The van der Waals surface area contributed by atoms with Crippen molar-refractivity contribution >= 4 is 23.2 Å². The molecule has 2 rings (SSSR count). The van der Waals surface area contributed by atoms with Gasteiger partial charge in [-0.25, -0.2) is 0 Å². The third-order valence-electron chi connectivity index (χ3n) is 4.23. The van der Waals surface area contributed by atoms with Crippen LogP contribution in [0.25, 0.3) is 0 Å². The molecule has 0 radical (unpaired) electrons. The fourth-order valence-electron chi connectivity index (χ4n) is 3.01. The lowest BCUT2D eigenvalue weighted by atomic mass is 9.74. The minimum atomic E-state index is -0.812. The first-order valence-electron chi connectivity index (χ1n) is 6.67. The van der Waals surface area contributed by atoms with Crippen LogP contribution in [0.15, 0.2) is 24.3 Å². The highest BCUT2D eigenvalue weighted by atomic mass is 16.2. The van der Waals surface area contributed by atoms with Crippen LogP contribution in [0.5, 0.6) is 0 Å². The van der Waals surface area contributed by atoms with Crippen molar-refractivity contribution in [2.75, 3.05) is 11.9 Å². The molecule has 1 aromatic rings. The molecule has 4 heteroatoms. The molecule has 1 atom stereocenters. The van der Waals surface area contributed by atoms with Gasteiger partial charge in [0, 0.05) is 12.7 Å². The minimum Gasteiger partial charge on any atom is -0.314 e. The molecule has 0 spiro atoms. The van der Waals surface area contributed by atoms with Gasteiger partial charge in [-0.2, -0.15) is 0 Å². The molecule has 0 aromatic heterocycles. The molecule has 4 nitrogen and oxygen atoms in total. The smallest absolute Gasteiger partial charge is 0.237 e. The number of nitrogens with zero attached hydrogens (tertiary/aromatic N) is 1. The summed E-state index contributed by atoms with van der Waals surface area (Å²) >= 11 is 0. The number of likely N-dealkylation sites (N-methyl/N-ethyl adjacent to an activating group) is 1. The van der Waals surface area contributed by atoms with Gasteiger partial charge in [0.2, 0.25) is 5.91 Å². The highest BCUT2D eigenvalue weighted by Gasteiger charge is 2.48. The van der Waals surface area contributed by atoms with Gasteiger partial charge in [0.15, 0.2) is 0 Å². The second-order valence-corrected chi connectivity index (χ2v) is 5.69. The maximum absolute atomic E-state index is 12.6. The predicted octanol–water partition coefficient (Wildman–Crippen LogP) is 2.10. The lowest BCUT2D eigenvalue weighted by molar-refractivity contribution is -0.132. The summed E-state index contributed by atoms with van der Waals surface area (Å²) in [6.07, 6.45) is 0.234. The van der Waals surface area contributed by atoms with Gasteiger partial charge in [0.25, 0.3) is 0 Å². The van der Waals surface area contributed by atoms with E-state index in [9.17, 15) is 14.4 Å². The predicted molar refractivity (Wildman–Crippen MR) is 76.7 cm³/mol. The number of hydrogen-bond acceptors (Lipinski definition) is 3. The van der Waals surface area contributed by atoms with E-state index in [0.29, 0.717) is 0 Å². The van der Waals surface area contributed by atoms with Crippen LogP contribution in [0, 0.1) is 5.92 Å². The van der Waals surface area contributed by atoms with Crippen molar-refractivity contribution in [1.29, 1.82) is 0 Å². The number of para-hydroxylation sites is 1. The summed E-state index contributed by atoms with van der Waals surface area (Å²) in [7, 11) is 1.73. The van der Waals surface area contributed by atoms with Crippen molar-refractivity contribution in [3.8, 4) is 0 Å². The summed E-state index contributed by atoms with van der Waals surface area (Å²) < 4.78 is 0. The monoisotopic (exact) mass is 273 g/mol. The van der Waals surface area contributed by atoms with Gasteiger partial charge in [-0.05, 0) is 38.8 Å². The van der Waals surface area contributed by atoms with Gasteiger partial charge < -0.3 is 4.90 Å². The first kappa shape index (κ1) is 14.4. The Hall–Kier alpha value is -1.97. The van der Waals surface area contributed by atoms with Gasteiger partial charge in [-0.1, -0.05) is 18.2 Å². The molecule has 20 heavy (non-hydrogen) atoms. The zero-order chi connectivity index (χ0) is 15.1. The second kappa shape index (κ2) is 4.85. The Kier molecular flexibility index (Phi) is 3.50. The highest BCUT2D eigenvalue weighted by molar-refractivity contribution is 6.09. The van der Waals surface area contributed by atoms with Crippen molar-refractivity contribution in [1.82, 2.24) is 0 Å². The fourth-order valence-corrected chi connectivity index (χ4v) is 3.01. The van der Waals surface area contributed by atoms with Crippen molar-refractivity contribution in [2.45, 2.75) is 32.6 Å². The van der Waals surface area contributed by atoms with Crippen LogP contribution in [0.4, 0.5) is 5.69 Å². The molecular formula is C16H19NO3. The van der Waals surface area contributed by atoms with Crippen LogP contribution in [-0.2, 0) is 19.8 Å². The van der Waals surface area contributed by atoms with E-state index in [4.69, 9.17) is 0 Å². The zero-order valence-corrected chi connectivity index (χ0v) is 12.3. The second-order valence-electron chi connectivity index (χ2n) is 5.69. The van der Waals surface area contributed by atoms with E-state index in [1.807, 2.05) is 31.2 Å². The Morgan fingerprint density at radius 1 is 1.20 bits per heavy atom. The summed E-state index contributed by atoms with van der Waals surface area (Å²) in [5, 5.41) is 0. The fraction of sp³-hybridized carbons (Fsp3) is 0.438. The first-order valence-corrected chi connectivity index (χ1v) is 6.67. The van der Waals surface area contributed by atoms with Crippen molar-refractivity contribution < 1.29 is 14.4 Å². The van der Waals surface area contributed by atoms with Crippen LogP contribution in [-0.4, -0.2) is 24.5 Å². The molecule has 1 aromatic carbocycles. The molecule has 1 unspecified atom stereocenters. The Morgan fingerprint density at radius 3 is 2.30 bits per heavy atom. The topological polar surface area (TPSA) is 54.5 Å². The Balaban J connectivity index is 2.47. The molecule has 1 amide bonds. The number of carbonyl (C=O) groups is 3. The van der Waals surface area contributed by atoms with Gasteiger partial charge in [-0.3, -0.25) is 14.4 Å². The maximum Gasteiger partial charge on any atom is 0.237 e. The number of anilines is 1. The average Bonchev–Trinajstić information content (AvgIpc) is 2.59. The number of carbonyl (C=O) groups excluding carboxylic acids is 3. The number of amides is 1. The number of rotatable bonds is 4. The van der Waals surface area contributed by atoms with E-state index >= 15 is 0 Å². The van der Waals surface area contributed by atoms with Gasteiger partial charge in [0.1, 0.15) is 11.6 Å². The molecule has 1 heterocycles. The number of benzene rings is 1. The van der Waals surface area contributed by atoms with Gasteiger partial charge in [0.05, 0.1) is 11.3 Å². The Labute approximate surface area is 118 Å². The summed E-state index contributed by atoms with van der Waals surface area (Å²) in [4.78, 5) is 37.5. The maximum atomic E-state index is 12.6. The molecule has 106 valence electrons. The third kappa shape index (κ3) is 2.05. The molecule has 0 aliphatic carbocycles. The van der Waals surface area contributed by atoms with Crippen LogP contribution >= 0.6 is 0 Å². The Bertz CT molecular complexity index is 579. The zero-order valence-electron chi connectivity index (χ0n) is 12.3.